The van der Waals surface area contributed by atoms with E-state index in [1.165, 1.54) is 12.1 Å². The number of amides is 1. The highest BCUT2D eigenvalue weighted by molar-refractivity contribution is 5.82. The van der Waals surface area contributed by atoms with Gasteiger partial charge in [0.25, 0.3) is 0 Å². The van der Waals surface area contributed by atoms with Gasteiger partial charge >= 0.3 is 6.18 Å². The lowest BCUT2D eigenvalue weighted by Gasteiger charge is -2.37. The molecule has 1 amide bonds. The molecule has 1 aliphatic heterocycles. The second kappa shape index (κ2) is 3.99. The molecule has 2 nitrogen and oxygen atoms in total. The molecule has 0 aromatic heterocycles. The lowest BCUT2D eigenvalue weighted by atomic mass is 9.69. The minimum absolute atomic E-state index is 0.0765. The summed E-state index contributed by atoms with van der Waals surface area (Å²) in [5, 5.41) is 2.87. The fraction of sp³-hybridized carbons (Fsp3) is 0.500. The lowest BCUT2D eigenvalue weighted by Crippen LogP contribution is -2.48. The Hall–Kier alpha value is -1.52. The Balaban J connectivity index is 2.40. The van der Waals surface area contributed by atoms with E-state index >= 15 is 0 Å². The van der Waals surface area contributed by atoms with Crippen LogP contribution in [0.3, 0.4) is 0 Å². The first kappa shape index (κ1) is 13.9. The van der Waals surface area contributed by atoms with E-state index in [0.29, 0.717) is 0 Å². The van der Waals surface area contributed by atoms with E-state index in [4.69, 9.17) is 0 Å². The van der Waals surface area contributed by atoms with Gasteiger partial charge in [-0.2, -0.15) is 13.2 Å². The van der Waals surface area contributed by atoms with Crippen LogP contribution >= 0.6 is 0 Å². The van der Waals surface area contributed by atoms with Gasteiger partial charge in [0, 0.05) is 17.4 Å². The van der Waals surface area contributed by atoms with E-state index in [1.807, 2.05) is 20.8 Å². The molecule has 1 N–H and O–H groups in total. The number of carbonyl (C=O) groups is 1. The van der Waals surface area contributed by atoms with Crippen molar-refractivity contribution in [3.05, 3.63) is 35.4 Å². The molecule has 0 bridgehead atoms. The second-order valence-corrected chi connectivity index (χ2v) is 5.76. The summed E-state index contributed by atoms with van der Waals surface area (Å²) >= 11 is 0. The van der Waals surface area contributed by atoms with E-state index in [2.05, 4.69) is 5.32 Å². The zero-order valence-corrected chi connectivity index (χ0v) is 11.1. The van der Waals surface area contributed by atoms with Gasteiger partial charge in [-0.1, -0.05) is 19.1 Å². The summed E-state index contributed by atoms with van der Waals surface area (Å²) in [5.41, 5.74) is -0.920. The Morgan fingerprint density at radius 2 is 1.63 bits per heavy atom. The molecule has 1 unspecified atom stereocenters. The van der Waals surface area contributed by atoms with Crippen LogP contribution in [0.2, 0.25) is 0 Å². The summed E-state index contributed by atoms with van der Waals surface area (Å²) < 4.78 is 37.6. The number of halogens is 3. The largest absolute Gasteiger partial charge is 0.416 e. The summed E-state index contributed by atoms with van der Waals surface area (Å²) in [6, 6.07) is 5.06. The van der Waals surface area contributed by atoms with Gasteiger partial charge in [0.15, 0.2) is 0 Å². The van der Waals surface area contributed by atoms with Gasteiger partial charge in [-0.25, -0.2) is 0 Å². The average molecular weight is 271 g/mol. The van der Waals surface area contributed by atoms with Crippen LogP contribution in [0.15, 0.2) is 24.3 Å². The van der Waals surface area contributed by atoms with E-state index in [0.717, 1.165) is 17.7 Å². The molecule has 0 spiro atoms. The van der Waals surface area contributed by atoms with Crippen molar-refractivity contribution in [1.82, 2.24) is 5.32 Å². The highest BCUT2D eigenvalue weighted by atomic mass is 19.4. The maximum absolute atomic E-state index is 12.5. The third-order valence-corrected chi connectivity index (χ3v) is 4.19. The Morgan fingerprint density at radius 3 is 2.00 bits per heavy atom. The second-order valence-electron chi connectivity index (χ2n) is 5.76. The minimum Gasteiger partial charge on any atom is -0.350 e. The summed E-state index contributed by atoms with van der Waals surface area (Å²) in [6.45, 7) is 5.67. The number of benzene rings is 1. The SMILES string of the molecule is CC1(C)NC(=O)CC1(C)c1ccc(C(F)(F)F)cc1. The van der Waals surface area contributed by atoms with Crippen molar-refractivity contribution in [2.24, 2.45) is 0 Å². The summed E-state index contributed by atoms with van der Waals surface area (Å²) in [5.74, 6) is -0.0765. The van der Waals surface area contributed by atoms with Crippen LogP contribution < -0.4 is 5.32 Å². The average Bonchev–Trinajstić information content (AvgIpc) is 2.47. The van der Waals surface area contributed by atoms with E-state index in [9.17, 15) is 18.0 Å². The molecule has 0 saturated carbocycles. The Bertz CT molecular complexity index is 504. The van der Waals surface area contributed by atoms with Crippen LogP contribution in [0.4, 0.5) is 13.2 Å². The quantitative estimate of drug-likeness (QED) is 0.834. The molecule has 2 rings (SSSR count). The van der Waals surface area contributed by atoms with Gasteiger partial charge in [-0.3, -0.25) is 4.79 Å². The summed E-state index contributed by atoms with van der Waals surface area (Å²) in [4.78, 5) is 11.6. The number of hydrogen-bond acceptors (Lipinski definition) is 1. The van der Waals surface area contributed by atoms with Gasteiger partial charge in [-0.15, -0.1) is 0 Å². The zero-order valence-electron chi connectivity index (χ0n) is 11.1. The zero-order chi connectivity index (χ0) is 14.5. The van der Waals surface area contributed by atoms with Crippen LogP contribution in [-0.4, -0.2) is 11.4 Å². The summed E-state index contributed by atoms with van der Waals surface area (Å²) in [6.07, 6.45) is -4.05. The Labute approximate surface area is 110 Å². The predicted molar refractivity (Wildman–Crippen MR) is 65.6 cm³/mol. The molecule has 5 heteroatoms. The van der Waals surface area contributed by atoms with Crippen LogP contribution in [-0.2, 0) is 16.4 Å². The van der Waals surface area contributed by atoms with Crippen molar-refractivity contribution < 1.29 is 18.0 Å². The minimum atomic E-state index is -4.33. The number of hydrogen-bond donors (Lipinski definition) is 1. The fourth-order valence-corrected chi connectivity index (χ4v) is 2.56. The molecule has 1 aromatic rings. The molecule has 1 aliphatic rings. The third-order valence-electron chi connectivity index (χ3n) is 4.19. The smallest absolute Gasteiger partial charge is 0.350 e. The standard InChI is InChI=1S/C14H16F3NO/c1-12(2)13(3,8-11(19)18-12)9-4-6-10(7-5-9)14(15,16)17/h4-7H,8H2,1-3H3,(H,18,19). The van der Waals surface area contributed by atoms with E-state index in [1.54, 1.807) is 0 Å². The molecule has 0 radical (unpaired) electrons. The predicted octanol–water partition coefficient (Wildman–Crippen LogP) is 3.26. The highest BCUT2D eigenvalue weighted by Gasteiger charge is 2.50. The number of carbonyl (C=O) groups excluding carboxylic acids is 1. The maximum Gasteiger partial charge on any atom is 0.416 e. The maximum atomic E-state index is 12.5. The van der Waals surface area contributed by atoms with Gasteiger partial charge in [0.1, 0.15) is 0 Å². The van der Waals surface area contributed by atoms with Crippen molar-refractivity contribution in [2.45, 2.75) is 44.3 Å². The molecular formula is C14H16F3NO. The van der Waals surface area contributed by atoms with Crippen molar-refractivity contribution in [2.75, 3.05) is 0 Å². The first-order valence-electron chi connectivity index (χ1n) is 6.05. The molecule has 0 aliphatic carbocycles. The fourth-order valence-electron chi connectivity index (χ4n) is 2.56. The van der Waals surface area contributed by atoms with Crippen LogP contribution in [0.1, 0.15) is 38.3 Å². The monoisotopic (exact) mass is 271 g/mol. The number of nitrogens with one attached hydrogen (secondary N) is 1. The Morgan fingerprint density at radius 1 is 1.11 bits per heavy atom. The normalized spacial score (nSPS) is 26.3. The molecule has 1 fully saturated rings. The molecule has 1 aromatic carbocycles. The first-order valence-corrected chi connectivity index (χ1v) is 6.05. The molecule has 104 valence electrons. The third kappa shape index (κ3) is 2.22. The van der Waals surface area contributed by atoms with Gasteiger partial charge in [-0.05, 0) is 31.5 Å². The molecular weight excluding hydrogens is 255 g/mol. The van der Waals surface area contributed by atoms with Gasteiger partial charge < -0.3 is 5.32 Å². The molecule has 1 saturated heterocycles. The first-order chi connectivity index (χ1) is 8.56. The van der Waals surface area contributed by atoms with Crippen molar-refractivity contribution in [1.29, 1.82) is 0 Å². The van der Waals surface area contributed by atoms with E-state index in [-0.39, 0.29) is 12.3 Å². The topological polar surface area (TPSA) is 29.1 Å². The number of alkyl halides is 3. The van der Waals surface area contributed by atoms with E-state index < -0.39 is 22.7 Å². The van der Waals surface area contributed by atoms with Crippen LogP contribution in [0, 0.1) is 0 Å². The Kier molecular flexibility index (Phi) is 2.92. The molecule has 1 atom stereocenters. The van der Waals surface area contributed by atoms with Gasteiger partial charge in [0.05, 0.1) is 5.56 Å². The van der Waals surface area contributed by atoms with Crippen molar-refractivity contribution >= 4 is 5.91 Å². The van der Waals surface area contributed by atoms with Crippen LogP contribution in [0.25, 0.3) is 0 Å². The summed E-state index contributed by atoms with van der Waals surface area (Å²) in [7, 11) is 0. The van der Waals surface area contributed by atoms with Crippen molar-refractivity contribution in [3.8, 4) is 0 Å². The molecule has 19 heavy (non-hydrogen) atoms. The van der Waals surface area contributed by atoms with Crippen LogP contribution in [0.5, 0.6) is 0 Å². The molecule has 1 heterocycles. The highest BCUT2D eigenvalue weighted by Crippen LogP contribution is 2.43. The lowest BCUT2D eigenvalue weighted by molar-refractivity contribution is -0.137. The number of rotatable bonds is 1. The van der Waals surface area contributed by atoms with Crippen molar-refractivity contribution in [3.63, 3.8) is 0 Å². The van der Waals surface area contributed by atoms with Gasteiger partial charge in [0.2, 0.25) is 5.91 Å².